The molecule has 2 aromatic carbocycles. The van der Waals surface area contributed by atoms with E-state index in [1.165, 1.54) is 0 Å². The molecule has 0 aliphatic rings. The highest BCUT2D eigenvalue weighted by atomic mass is 79.9. The summed E-state index contributed by atoms with van der Waals surface area (Å²) < 4.78 is 12.4. The largest absolute Gasteiger partial charge is 0.488 e. The molecule has 19 heavy (non-hydrogen) atoms. The molecular formula is C16H13BrO2. The number of furan rings is 1. The minimum Gasteiger partial charge on any atom is -0.488 e. The van der Waals surface area contributed by atoms with Crippen molar-refractivity contribution in [3.63, 3.8) is 0 Å². The Kier molecular flexibility index (Phi) is 3.30. The summed E-state index contributed by atoms with van der Waals surface area (Å²) in [4.78, 5) is 0. The highest BCUT2D eigenvalue weighted by Gasteiger charge is 2.08. The van der Waals surface area contributed by atoms with Crippen LogP contribution in [0.15, 0.2) is 57.6 Å². The highest BCUT2D eigenvalue weighted by Crippen LogP contribution is 2.28. The number of rotatable bonds is 3. The SMILES string of the molecule is Cc1cccc2c(COc3ccccc3Br)coc12. The van der Waals surface area contributed by atoms with E-state index in [2.05, 4.69) is 22.0 Å². The third-order valence-electron chi connectivity index (χ3n) is 3.10. The Morgan fingerprint density at radius 2 is 1.95 bits per heavy atom. The summed E-state index contributed by atoms with van der Waals surface area (Å²) in [5, 5.41) is 1.12. The van der Waals surface area contributed by atoms with Gasteiger partial charge in [0.25, 0.3) is 0 Å². The molecule has 0 radical (unpaired) electrons. The summed E-state index contributed by atoms with van der Waals surface area (Å²) in [5.41, 5.74) is 3.15. The monoisotopic (exact) mass is 316 g/mol. The lowest BCUT2D eigenvalue weighted by atomic mass is 10.1. The molecule has 3 heteroatoms. The number of hydrogen-bond donors (Lipinski definition) is 0. The second-order valence-electron chi connectivity index (χ2n) is 4.43. The van der Waals surface area contributed by atoms with Crippen LogP contribution in [0, 0.1) is 6.92 Å². The van der Waals surface area contributed by atoms with Crippen LogP contribution in [0.2, 0.25) is 0 Å². The second-order valence-corrected chi connectivity index (χ2v) is 5.29. The van der Waals surface area contributed by atoms with Crippen molar-refractivity contribution < 1.29 is 9.15 Å². The predicted molar refractivity (Wildman–Crippen MR) is 79.4 cm³/mol. The van der Waals surface area contributed by atoms with Gasteiger partial charge in [0.05, 0.1) is 10.7 Å². The van der Waals surface area contributed by atoms with E-state index in [9.17, 15) is 0 Å². The van der Waals surface area contributed by atoms with Gasteiger partial charge in [-0.3, -0.25) is 0 Å². The van der Waals surface area contributed by atoms with Gasteiger partial charge < -0.3 is 9.15 Å². The van der Waals surface area contributed by atoms with Gasteiger partial charge in [0.1, 0.15) is 17.9 Å². The Labute approximate surface area is 120 Å². The molecule has 0 unspecified atom stereocenters. The lowest BCUT2D eigenvalue weighted by Crippen LogP contribution is -1.94. The van der Waals surface area contributed by atoms with Crippen molar-refractivity contribution in [2.45, 2.75) is 13.5 Å². The second kappa shape index (κ2) is 5.10. The molecule has 0 atom stereocenters. The van der Waals surface area contributed by atoms with Crippen LogP contribution < -0.4 is 4.74 Å². The zero-order valence-electron chi connectivity index (χ0n) is 10.5. The van der Waals surface area contributed by atoms with E-state index in [0.717, 1.165) is 32.3 Å². The topological polar surface area (TPSA) is 22.4 Å². The standard InChI is InChI=1S/C16H13BrO2/c1-11-5-4-6-13-12(10-19-16(11)13)9-18-15-8-3-2-7-14(15)17/h2-8,10H,9H2,1H3. The fourth-order valence-corrected chi connectivity index (χ4v) is 2.48. The first-order valence-corrected chi connectivity index (χ1v) is 6.88. The van der Waals surface area contributed by atoms with Crippen molar-refractivity contribution in [2.24, 2.45) is 0 Å². The first kappa shape index (κ1) is 12.3. The molecular weight excluding hydrogens is 304 g/mol. The normalized spacial score (nSPS) is 10.8. The smallest absolute Gasteiger partial charge is 0.137 e. The van der Waals surface area contributed by atoms with Gasteiger partial charge in [0.15, 0.2) is 0 Å². The fourth-order valence-electron chi connectivity index (χ4n) is 2.08. The fraction of sp³-hybridized carbons (Fsp3) is 0.125. The van der Waals surface area contributed by atoms with Crippen LogP contribution in [0.25, 0.3) is 11.0 Å². The summed E-state index contributed by atoms with van der Waals surface area (Å²) in [5.74, 6) is 0.838. The quantitative estimate of drug-likeness (QED) is 0.672. The molecule has 0 N–H and O–H groups in total. The number of ether oxygens (including phenoxy) is 1. The first-order chi connectivity index (χ1) is 9.25. The van der Waals surface area contributed by atoms with E-state index in [-0.39, 0.29) is 0 Å². The van der Waals surface area contributed by atoms with Gasteiger partial charge >= 0.3 is 0 Å². The molecule has 0 aliphatic heterocycles. The molecule has 0 saturated carbocycles. The van der Waals surface area contributed by atoms with Crippen molar-refractivity contribution in [2.75, 3.05) is 0 Å². The number of halogens is 1. The van der Waals surface area contributed by atoms with Gasteiger partial charge in [0, 0.05) is 10.9 Å². The number of aryl methyl sites for hydroxylation is 1. The van der Waals surface area contributed by atoms with Crippen LogP contribution in [-0.2, 0) is 6.61 Å². The van der Waals surface area contributed by atoms with Gasteiger partial charge in [-0.15, -0.1) is 0 Å². The van der Waals surface area contributed by atoms with Gasteiger partial charge in [-0.25, -0.2) is 0 Å². The van der Waals surface area contributed by atoms with Crippen LogP contribution in [0.4, 0.5) is 0 Å². The summed E-state index contributed by atoms with van der Waals surface area (Å²) in [6, 6.07) is 14.0. The molecule has 1 aromatic heterocycles. The van der Waals surface area contributed by atoms with Gasteiger partial charge in [-0.1, -0.05) is 30.3 Å². The van der Waals surface area contributed by atoms with Crippen molar-refractivity contribution in [3.8, 4) is 5.75 Å². The Morgan fingerprint density at radius 3 is 2.79 bits per heavy atom. The summed E-state index contributed by atoms with van der Waals surface area (Å²) in [7, 11) is 0. The molecule has 1 heterocycles. The first-order valence-electron chi connectivity index (χ1n) is 6.09. The van der Waals surface area contributed by atoms with Crippen LogP contribution in [0.3, 0.4) is 0 Å². The molecule has 0 spiro atoms. The van der Waals surface area contributed by atoms with E-state index < -0.39 is 0 Å². The van der Waals surface area contributed by atoms with Crippen LogP contribution >= 0.6 is 15.9 Å². The van der Waals surface area contributed by atoms with Gasteiger partial charge in [-0.05, 0) is 40.5 Å². The third kappa shape index (κ3) is 2.38. The maximum Gasteiger partial charge on any atom is 0.137 e. The maximum absolute atomic E-state index is 5.82. The molecule has 0 amide bonds. The number of fused-ring (bicyclic) bond motifs is 1. The molecule has 2 nitrogen and oxygen atoms in total. The lowest BCUT2D eigenvalue weighted by Gasteiger charge is -2.06. The Bertz CT molecular complexity index is 716. The Morgan fingerprint density at radius 1 is 1.11 bits per heavy atom. The van der Waals surface area contributed by atoms with Gasteiger partial charge in [-0.2, -0.15) is 0 Å². The molecule has 0 saturated heterocycles. The van der Waals surface area contributed by atoms with E-state index in [1.807, 2.05) is 43.3 Å². The van der Waals surface area contributed by atoms with E-state index in [4.69, 9.17) is 9.15 Å². The lowest BCUT2D eigenvalue weighted by molar-refractivity contribution is 0.304. The van der Waals surface area contributed by atoms with Crippen molar-refractivity contribution in [3.05, 3.63) is 64.3 Å². The zero-order chi connectivity index (χ0) is 13.2. The molecule has 0 bridgehead atoms. The summed E-state index contributed by atoms with van der Waals surface area (Å²) in [6.45, 7) is 2.54. The molecule has 0 fully saturated rings. The van der Waals surface area contributed by atoms with Crippen LogP contribution in [0.1, 0.15) is 11.1 Å². The molecule has 0 aliphatic carbocycles. The average Bonchev–Trinajstić information content (AvgIpc) is 2.83. The maximum atomic E-state index is 5.82. The Hall–Kier alpha value is -1.74. The van der Waals surface area contributed by atoms with Crippen LogP contribution in [0.5, 0.6) is 5.75 Å². The number of benzene rings is 2. The van der Waals surface area contributed by atoms with Gasteiger partial charge in [0.2, 0.25) is 0 Å². The highest BCUT2D eigenvalue weighted by molar-refractivity contribution is 9.10. The number of hydrogen-bond acceptors (Lipinski definition) is 2. The van der Waals surface area contributed by atoms with Crippen molar-refractivity contribution >= 4 is 26.9 Å². The van der Waals surface area contributed by atoms with Crippen molar-refractivity contribution in [1.29, 1.82) is 0 Å². The van der Waals surface area contributed by atoms with E-state index >= 15 is 0 Å². The zero-order valence-corrected chi connectivity index (χ0v) is 12.1. The average molecular weight is 317 g/mol. The summed E-state index contributed by atoms with van der Waals surface area (Å²) >= 11 is 3.47. The molecule has 3 aromatic rings. The molecule has 96 valence electrons. The minimum atomic E-state index is 0.499. The van der Waals surface area contributed by atoms with Crippen molar-refractivity contribution in [1.82, 2.24) is 0 Å². The predicted octanol–water partition coefficient (Wildman–Crippen LogP) is 5.08. The van der Waals surface area contributed by atoms with E-state index in [0.29, 0.717) is 6.61 Å². The summed E-state index contributed by atoms with van der Waals surface area (Å²) in [6.07, 6.45) is 1.77. The number of para-hydroxylation sites is 2. The Balaban J connectivity index is 1.87. The third-order valence-corrected chi connectivity index (χ3v) is 3.75. The van der Waals surface area contributed by atoms with E-state index in [1.54, 1.807) is 6.26 Å². The minimum absolute atomic E-state index is 0.499. The van der Waals surface area contributed by atoms with Crippen LogP contribution in [-0.4, -0.2) is 0 Å². The molecule has 3 rings (SSSR count).